The summed E-state index contributed by atoms with van der Waals surface area (Å²) in [6, 6.07) is 6.66. The van der Waals surface area contributed by atoms with E-state index >= 15 is 0 Å². The molecule has 0 bridgehead atoms. The molecular weight excluding hydrogens is 566 g/mol. The van der Waals surface area contributed by atoms with Crippen LogP contribution in [0.4, 0.5) is 0 Å². The van der Waals surface area contributed by atoms with Gasteiger partial charge in [-0.05, 0) is 62.9 Å². The smallest absolute Gasteiger partial charge is 0.355 e. The maximum Gasteiger partial charge on any atom is 0.355 e. The van der Waals surface area contributed by atoms with Gasteiger partial charge >= 0.3 is 11.9 Å². The Morgan fingerprint density at radius 1 is 1.16 bits per heavy atom. The number of pyridine rings is 2. The van der Waals surface area contributed by atoms with Crippen LogP contribution in [0.3, 0.4) is 0 Å². The predicted octanol–water partition coefficient (Wildman–Crippen LogP) is 4.00. The Morgan fingerprint density at radius 3 is 2.64 bits per heavy atom. The molecule has 0 spiro atoms. The third kappa shape index (κ3) is 5.56. The SMILES string of the molecule is CCCCC(C)(C)OCC(=O)NCC(=O)OC1(CC)C(=O)OCc2c1cc1n(c2=O)Cc2c-1nc1ccc(O)cc1c2CC. The van der Waals surface area contributed by atoms with Gasteiger partial charge in [0.1, 0.15) is 25.5 Å². The van der Waals surface area contributed by atoms with Crippen molar-refractivity contribution in [2.24, 2.45) is 0 Å². The van der Waals surface area contributed by atoms with E-state index in [1.165, 1.54) is 0 Å². The molecule has 3 aromatic rings. The minimum atomic E-state index is -1.87. The fourth-order valence-electron chi connectivity index (χ4n) is 6.10. The van der Waals surface area contributed by atoms with Gasteiger partial charge in [-0.25, -0.2) is 9.78 Å². The number of carbonyl (C=O) groups excluding carboxylic acids is 3. The van der Waals surface area contributed by atoms with Crippen molar-refractivity contribution in [1.29, 1.82) is 0 Å². The van der Waals surface area contributed by atoms with Crippen molar-refractivity contribution < 1.29 is 33.7 Å². The summed E-state index contributed by atoms with van der Waals surface area (Å²) in [5, 5.41) is 13.4. The van der Waals surface area contributed by atoms with Crippen molar-refractivity contribution in [1.82, 2.24) is 14.9 Å². The van der Waals surface area contributed by atoms with Crippen LogP contribution in [-0.2, 0) is 53.8 Å². The molecule has 11 nitrogen and oxygen atoms in total. The summed E-state index contributed by atoms with van der Waals surface area (Å²) < 4.78 is 18.5. The van der Waals surface area contributed by atoms with Gasteiger partial charge in [0.25, 0.3) is 5.56 Å². The zero-order valence-corrected chi connectivity index (χ0v) is 25.9. The quantitative estimate of drug-likeness (QED) is 0.242. The largest absolute Gasteiger partial charge is 0.508 e. The highest BCUT2D eigenvalue weighted by Gasteiger charge is 2.50. The standard InChI is InChI=1S/C33H39N3O8/c1-6-9-12-32(4,5)43-18-27(38)34-15-28(39)44-33(8-3)24-14-26-29-22(16-36(26)30(40)23(24)17-42-31(33)41)20(7-2)21-13-19(37)10-11-25(21)35-29/h10-11,13-14,37H,6-9,12,15-18H2,1-5H3,(H,34,38). The third-order valence-corrected chi connectivity index (χ3v) is 8.55. The number of ether oxygens (including phenoxy) is 3. The number of amides is 1. The molecule has 1 atom stereocenters. The molecule has 0 radical (unpaired) electrons. The highest BCUT2D eigenvalue weighted by atomic mass is 16.6. The first-order valence-electron chi connectivity index (χ1n) is 15.2. The maximum atomic E-state index is 13.8. The Morgan fingerprint density at radius 2 is 1.93 bits per heavy atom. The molecule has 0 saturated heterocycles. The number of rotatable bonds is 11. The van der Waals surface area contributed by atoms with E-state index in [1.807, 2.05) is 20.8 Å². The number of fused-ring (bicyclic) bond motifs is 5. The first kappa shape index (κ1) is 31.2. The highest BCUT2D eigenvalue weighted by Crippen LogP contribution is 2.42. The van der Waals surface area contributed by atoms with Gasteiger partial charge in [-0.15, -0.1) is 0 Å². The zero-order chi connectivity index (χ0) is 31.8. The number of nitrogens with one attached hydrogen (secondary N) is 1. The van der Waals surface area contributed by atoms with Crippen molar-refractivity contribution in [3.05, 3.63) is 56.9 Å². The lowest BCUT2D eigenvalue weighted by molar-refractivity contribution is -0.189. The van der Waals surface area contributed by atoms with Crippen LogP contribution in [0.1, 0.15) is 82.6 Å². The van der Waals surface area contributed by atoms with Gasteiger partial charge in [-0.2, -0.15) is 0 Å². The molecule has 2 N–H and O–H groups in total. The first-order chi connectivity index (χ1) is 20.9. The van der Waals surface area contributed by atoms with Gasteiger partial charge in [-0.3, -0.25) is 14.4 Å². The molecule has 2 aromatic heterocycles. The number of aromatic nitrogens is 2. The van der Waals surface area contributed by atoms with Gasteiger partial charge in [0, 0.05) is 16.5 Å². The predicted molar refractivity (Wildman–Crippen MR) is 162 cm³/mol. The molecule has 0 aliphatic carbocycles. The number of esters is 2. The fraction of sp³-hybridized carbons (Fsp3) is 0.485. The molecule has 1 amide bonds. The van der Waals surface area contributed by atoms with Crippen LogP contribution in [0.2, 0.25) is 0 Å². The summed E-state index contributed by atoms with van der Waals surface area (Å²) in [6.07, 6.45) is 3.43. The molecule has 234 valence electrons. The van der Waals surface area contributed by atoms with E-state index in [0.717, 1.165) is 35.8 Å². The lowest BCUT2D eigenvalue weighted by atomic mass is 9.85. The molecule has 2 aliphatic heterocycles. The third-order valence-electron chi connectivity index (χ3n) is 8.55. The highest BCUT2D eigenvalue weighted by molar-refractivity contribution is 5.91. The van der Waals surface area contributed by atoms with Crippen molar-refractivity contribution in [3.8, 4) is 17.1 Å². The van der Waals surface area contributed by atoms with Gasteiger partial charge in [0.2, 0.25) is 11.5 Å². The molecule has 5 rings (SSSR count). The molecule has 44 heavy (non-hydrogen) atoms. The summed E-state index contributed by atoms with van der Waals surface area (Å²) >= 11 is 0. The summed E-state index contributed by atoms with van der Waals surface area (Å²) in [5.41, 5.74) is 1.37. The van der Waals surface area contributed by atoms with E-state index in [2.05, 4.69) is 12.2 Å². The van der Waals surface area contributed by atoms with E-state index in [1.54, 1.807) is 35.8 Å². The van der Waals surface area contributed by atoms with Gasteiger partial charge < -0.3 is 29.2 Å². The zero-order valence-electron chi connectivity index (χ0n) is 25.9. The summed E-state index contributed by atoms with van der Waals surface area (Å²) in [4.78, 5) is 57.4. The lowest BCUT2D eigenvalue weighted by Gasteiger charge is -2.35. The summed E-state index contributed by atoms with van der Waals surface area (Å²) in [6.45, 7) is 8.86. The second-order valence-corrected chi connectivity index (χ2v) is 11.9. The van der Waals surface area contributed by atoms with Crippen LogP contribution in [0.5, 0.6) is 5.75 Å². The van der Waals surface area contributed by atoms with Gasteiger partial charge in [0.05, 0.1) is 34.6 Å². The van der Waals surface area contributed by atoms with Crippen LogP contribution in [0.15, 0.2) is 29.1 Å². The fourth-order valence-corrected chi connectivity index (χ4v) is 6.10. The number of nitrogens with zero attached hydrogens (tertiary/aromatic N) is 2. The Bertz CT molecular complexity index is 1710. The van der Waals surface area contributed by atoms with Crippen LogP contribution in [-0.4, -0.2) is 51.3 Å². The van der Waals surface area contributed by atoms with Crippen LogP contribution in [0.25, 0.3) is 22.3 Å². The van der Waals surface area contributed by atoms with Crippen LogP contribution in [0, 0.1) is 0 Å². The van der Waals surface area contributed by atoms with E-state index in [-0.39, 0.29) is 48.6 Å². The number of hydrogen-bond donors (Lipinski definition) is 2. The van der Waals surface area contributed by atoms with Crippen molar-refractivity contribution >= 4 is 28.7 Å². The number of phenolic OH excluding ortho intramolecular Hbond substituents is 1. The monoisotopic (exact) mass is 605 g/mol. The molecule has 11 heteroatoms. The Hall–Kier alpha value is -4.25. The van der Waals surface area contributed by atoms with E-state index in [9.17, 15) is 24.3 Å². The molecule has 1 aromatic carbocycles. The van der Waals surface area contributed by atoms with E-state index in [4.69, 9.17) is 19.2 Å². The second kappa shape index (κ2) is 12.0. The molecule has 4 heterocycles. The summed E-state index contributed by atoms with van der Waals surface area (Å²) in [7, 11) is 0. The minimum Gasteiger partial charge on any atom is -0.508 e. The average Bonchev–Trinajstić information content (AvgIpc) is 3.37. The topological polar surface area (TPSA) is 146 Å². The number of aromatic hydroxyl groups is 1. The number of aryl methyl sites for hydroxylation is 1. The van der Waals surface area contributed by atoms with E-state index in [0.29, 0.717) is 23.3 Å². The van der Waals surface area contributed by atoms with Crippen molar-refractivity contribution in [2.75, 3.05) is 13.2 Å². The Kier molecular flexibility index (Phi) is 8.53. The number of unbranched alkanes of at least 4 members (excludes halogenated alkanes) is 1. The number of hydrogen-bond acceptors (Lipinski definition) is 9. The van der Waals surface area contributed by atoms with Crippen LogP contribution < -0.4 is 10.9 Å². The Labute approximate surface area is 255 Å². The normalized spacial score (nSPS) is 17.1. The van der Waals surface area contributed by atoms with Crippen LogP contribution >= 0.6 is 0 Å². The number of benzene rings is 1. The van der Waals surface area contributed by atoms with Crippen molar-refractivity contribution in [3.63, 3.8) is 0 Å². The lowest BCUT2D eigenvalue weighted by Crippen LogP contribution is -2.49. The average molecular weight is 606 g/mol. The maximum absolute atomic E-state index is 13.8. The number of carbonyl (C=O) groups is 3. The minimum absolute atomic E-state index is 0.00757. The first-order valence-corrected chi connectivity index (χ1v) is 15.2. The van der Waals surface area contributed by atoms with Crippen molar-refractivity contribution in [2.45, 2.75) is 91.1 Å². The molecule has 0 fully saturated rings. The number of cyclic esters (lactones) is 1. The molecule has 2 aliphatic rings. The van der Waals surface area contributed by atoms with Gasteiger partial charge in [-0.1, -0.05) is 33.6 Å². The molecular formula is C33H39N3O8. The van der Waals surface area contributed by atoms with E-state index < -0.39 is 35.6 Å². The number of phenols is 1. The Balaban J connectivity index is 1.44. The molecule has 1 unspecified atom stereocenters. The molecule has 0 saturated carbocycles. The van der Waals surface area contributed by atoms with Gasteiger partial charge in [0.15, 0.2) is 0 Å². The summed E-state index contributed by atoms with van der Waals surface area (Å²) in [5.74, 6) is -2.00. The second-order valence-electron chi connectivity index (χ2n) is 11.9.